The van der Waals surface area contributed by atoms with Gasteiger partial charge in [0.2, 0.25) is 5.91 Å². The molecular weight excluding hydrogens is 567 g/mol. The van der Waals surface area contributed by atoms with Crippen LogP contribution in [0.5, 0.6) is 0 Å². The largest absolute Gasteiger partial charge is 0.444 e. The SMILES string of the molecule is CCNB(C)O.O=C(Cn1c(-c2ccccc2Cl)ccc(NC(=O)OCc2ccccc2)c1=O)NCCc1ccccc1. The minimum absolute atomic E-state index is 0.00838. The van der Waals surface area contributed by atoms with Crippen LogP contribution in [-0.4, -0.2) is 41.7 Å². The van der Waals surface area contributed by atoms with E-state index >= 15 is 0 Å². The van der Waals surface area contributed by atoms with E-state index in [4.69, 9.17) is 21.4 Å². The van der Waals surface area contributed by atoms with Crippen LogP contribution in [0, 0.1) is 0 Å². The second-order valence-electron chi connectivity index (χ2n) is 9.51. The third kappa shape index (κ3) is 11.1. The predicted octanol–water partition coefficient (Wildman–Crippen LogP) is 4.98. The van der Waals surface area contributed by atoms with Crippen molar-refractivity contribution in [3.63, 3.8) is 0 Å². The molecule has 0 atom stereocenters. The molecule has 0 saturated carbocycles. The highest BCUT2D eigenvalue weighted by Gasteiger charge is 2.17. The Labute approximate surface area is 257 Å². The molecular formula is C32H36BClN4O5. The first kappa shape index (κ1) is 33.1. The number of hydrogen-bond donors (Lipinski definition) is 4. The average Bonchev–Trinajstić information content (AvgIpc) is 3.00. The number of carbonyl (C=O) groups is 2. The molecule has 43 heavy (non-hydrogen) atoms. The molecule has 1 heterocycles. The number of amides is 2. The van der Waals surface area contributed by atoms with Crippen molar-refractivity contribution in [3.05, 3.63) is 124 Å². The van der Waals surface area contributed by atoms with Crippen LogP contribution in [0.4, 0.5) is 10.5 Å². The van der Waals surface area contributed by atoms with Gasteiger partial charge in [-0.2, -0.15) is 0 Å². The maximum atomic E-state index is 13.4. The molecule has 4 rings (SSSR count). The summed E-state index contributed by atoms with van der Waals surface area (Å²) in [6, 6.07) is 29.2. The predicted molar refractivity (Wildman–Crippen MR) is 172 cm³/mol. The van der Waals surface area contributed by atoms with Crippen molar-refractivity contribution in [1.82, 2.24) is 15.1 Å². The Kier molecular flexibility index (Phi) is 13.5. The maximum absolute atomic E-state index is 13.4. The highest BCUT2D eigenvalue weighted by atomic mass is 35.5. The van der Waals surface area contributed by atoms with Gasteiger partial charge < -0.3 is 20.3 Å². The molecule has 9 nitrogen and oxygen atoms in total. The van der Waals surface area contributed by atoms with Crippen molar-refractivity contribution in [3.8, 4) is 11.3 Å². The lowest BCUT2D eigenvalue weighted by Gasteiger charge is -2.16. The summed E-state index contributed by atoms with van der Waals surface area (Å²) in [7, 11) is -0.352. The summed E-state index contributed by atoms with van der Waals surface area (Å²) in [5.41, 5.74) is 2.40. The fourth-order valence-corrected chi connectivity index (χ4v) is 4.32. The fraction of sp³-hybridized carbons (Fsp3) is 0.219. The number of ether oxygens (including phenoxy) is 1. The van der Waals surface area contributed by atoms with Crippen LogP contribution in [0.15, 0.2) is 102 Å². The summed E-state index contributed by atoms with van der Waals surface area (Å²) in [6.45, 7) is 4.71. The van der Waals surface area contributed by atoms with Gasteiger partial charge in [-0.05, 0) is 49.1 Å². The molecule has 0 saturated heterocycles. The van der Waals surface area contributed by atoms with Crippen LogP contribution in [-0.2, 0) is 29.1 Å². The van der Waals surface area contributed by atoms with E-state index in [1.165, 1.54) is 10.6 Å². The molecule has 0 aliphatic carbocycles. The van der Waals surface area contributed by atoms with Crippen molar-refractivity contribution in [2.75, 3.05) is 18.4 Å². The van der Waals surface area contributed by atoms with Gasteiger partial charge in [0.25, 0.3) is 5.56 Å². The molecule has 0 unspecified atom stereocenters. The summed E-state index contributed by atoms with van der Waals surface area (Å²) in [6.07, 6.45) is -0.112. The molecule has 11 heteroatoms. The molecule has 224 valence electrons. The maximum Gasteiger partial charge on any atom is 0.412 e. The summed E-state index contributed by atoms with van der Waals surface area (Å²) in [5.74, 6) is -0.338. The summed E-state index contributed by atoms with van der Waals surface area (Å²) in [5, 5.41) is 17.0. The zero-order chi connectivity index (χ0) is 31.0. The van der Waals surface area contributed by atoms with Gasteiger partial charge in [-0.25, -0.2) is 4.79 Å². The Morgan fingerprint density at radius 1 is 0.907 bits per heavy atom. The first-order chi connectivity index (χ1) is 20.8. The molecule has 0 spiro atoms. The third-order valence-electron chi connectivity index (χ3n) is 6.15. The van der Waals surface area contributed by atoms with E-state index in [0.29, 0.717) is 29.2 Å². The average molecular weight is 603 g/mol. The standard InChI is InChI=1S/C29H26ClN3O4.C3H10BNO/c30-24-14-8-7-13-23(24)26-16-15-25(32-29(36)37-20-22-11-5-2-6-12-22)28(35)33(26)19-27(34)31-18-17-21-9-3-1-4-10-21;1-3-5-4(2)6/h1-16H,17-20H2,(H,31,34)(H,32,36);5-6H,3H2,1-2H3. The Hall–Kier alpha value is -4.38. The normalized spacial score (nSPS) is 10.2. The van der Waals surface area contributed by atoms with E-state index in [2.05, 4.69) is 15.9 Å². The van der Waals surface area contributed by atoms with E-state index < -0.39 is 11.7 Å². The minimum Gasteiger partial charge on any atom is -0.444 e. The smallest absolute Gasteiger partial charge is 0.412 e. The van der Waals surface area contributed by atoms with Gasteiger partial charge in [0.15, 0.2) is 0 Å². The molecule has 4 aromatic rings. The number of halogens is 1. The molecule has 3 aromatic carbocycles. The van der Waals surface area contributed by atoms with E-state index in [9.17, 15) is 14.4 Å². The summed E-state index contributed by atoms with van der Waals surface area (Å²) in [4.78, 5) is 38.6. The molecule has 0 aliphatic heterocycles. The van der Waals surface area contributed by atoms with Gasteiger partial charge in [0, 0.05) is 17.1 Å². The number of nitrogens with one attached hydrogen (secondary N) is 3. The van der Waals surface area contributed by atoms with E-state index in [1.807, 2.05) is 67.6 Å². The molecule has 0 radical (unpaired) electrons. The number of aromatic nitrogens is 1. The fourth-order valence-electron chi connectivity index (χ4n) is 4.09. The number of benzene rings is 3. The highest BCUT2D eigenvalue weighted by Crippen LogP contribution is 2.27. The number of carbonyl (C=O) groups excluding carboxylic acids is 2. The molecule has 1 aromatic heterocycles. The van der Waals surface area contributed by atoms with Gasteiger partial charge in [-0.3, -0.25) is 19.5 Å². The number of rotatable bonds is 11. The molecule has 0 fully saturated rings. The van der Waals surface area contributed by atoms with Crippen molar-refractivity contribution in [1.29, 1.82) is 0 Å². The summed E-state index contributed by atoms with van der Waals surface area (Å²) >= 11 is 6.39. The zero-order valence-corrected chi connectivity index (χ0v) is 25.0. The lowest BCUT2D eigenvalue weighted by Crippen LogP contribution is -2.35. The number of anilines is 1. The van der Waals surface area contributed by atoms with E-state index in [-0.39, 0.29) is 31.8 Å². The quantitative estimate of drug-likeness (QED) is 0.180. The second kappa shape index (κ2) is 17.6. The van der Waals surface area contributed by atoms with Crippen LogP contribution in [0.3, 0.4) is 0 Å². The van der Waals surface area contributed by atoms with Gasteiger partial charge >= 0.3 is 13.1 Å². The van der Waals surface area contributed by atoms with Gasteiger partial charge in [0.05, 0.1) is 5.69 Å². The Bertz CT molecular complexity index is 1520. The van der Waals surface area contributed by atoms with E-state index in [0.717, 1.165) is 17.7 Å². The first-order valence-electron chi connectivity index (χ1n) is 14.0. The van der Waals surface area contributed by atoms with Crippen molar-refractivity contribution >= 4 is 36.3 Å². The molecule has 4 N–H and O–H groups in total. The Balaban J connectivity index is 0.000000765. The zero-order valence-electron chi connectivity index (χ0n) is 24.3. The van der Waals surface area contributed by atoms with Gasteiger partial charge in [-0.15, -0.1) is 0 Å². The minimum atomic E-state index is -0.773. The topological polar surface area (TPSA) is 122 Å². The lowest BCUT2D eigenvalue weighted by atomic mass is 9.89. The Morgan fingerprint density at radius 3 is 2.14 bits per heavy atom. The highest BCUT2D eigenvalue weighted by molar-refractivity contribution is 6.45. The first-order valence-corrected chi connectivity index (χ1v) is 14.3. The monoisotopic (exact) mass is 602 g/mol. The van der Waals surface area contributed by atoms with Crippen LogP contribution in [0.1, 0.15) is 18.1 Å². The van der Waals surface area contributed by atoms with E-state index in [1.54, 1.807) is 37.2 Å². The van der Waals surface area contributed by atoms with Crippen molar-refractivity contribution in [2.24, 2.45) is 0 Å². The molecule has 2 amide bonds. The summed E-state index contributed by atoms with van der Waals surface area (Å²) < 4.78 is 6.54. The third-order valence-corrected chi connectivity index (χ3v) is 6.48. The van der Waals surface area contributed by atoms with Crippen LogP contribution < -0.4 is 21.4 Å². The van der Waals surface area contributed by atoms with Gasteiger partial charge in [-0.1, -0.05) is 97.4 Å². The van der Waals surface area contributed by atoms with Crippen LogP contribution in [0.2, 0.25) is 11.8 Å². The lowest BCUT2D eigenvalue weighted by molar-refractivity contribution is -0.121. The number of hydrogen-bond acceptors (Lipinski definition) is 6. The molecule has 0 bridgehead atoms. The van der Waals surface area contributed by atoms with Crippen LogP contribution in [0.25, 0.3) is 11.3 Å². The number of pyridine rings is 1. The number of nitrogens with zero attached hydrogens (tertiary/aromatic N) is 1. The van der Waals surface area contributed by atoms with Crippen molar-refractivity contribution < 1.29 is 19.3 Å². The van der Waals surface area contributed by atoms with Gasteiger partial charge in [0.1, 0.15) is 18.8 Å². The van der Waals surface area contributed by atoms with Crippen LogP contribution >= 0.6 is 11.6 Å². The molecule has 0 aliphatic rings. The Morgan fingerprint density at radius 2 is 1.53 bits per heavy atom. The van der Waals surface area contributed by atoms with Crippen molar-refractivity contribution in [2.45, 2.75) is 33.3 Å². The second-order valence-corrected chi connectivity index (χ2v) is 9.92.